The van der Waals surface area contributed by atoms with Crippen molar-refractivity contribution in [1.29, 1.82) is 0 Å². The fourth-order valence-electron chi connectivity index (χ4n) is 2.32. The Bertz CT molecular complexity index is 179. The highest BCUT2D eigenvalue weighted by molar-refractivity contribution is 5.45. The fourth-order valence-corrected chi connectivity index (χ4v) is 2.32. The molecule has 0 heterocycles. The Morgan fingerprint density at radius 2 is 1.94 bits per heavy atom. The largest absolute Gasteiger partial charge is 0.280 e. The third-order valence-electron chi connectivity index (χ3n) is 3.33. The van der Waals surface area contributed by atoms with Crippen molar-refractivity contribution in [3.8, 4) is 0 Å². The lowest BCUT2D eigenvalue weighted by atomic mass is 9.96. The molecule has 94 valence electrons. The molecule has 0 aliphatic heterocycles. The van der Waals surface area contributed by atoms with Gasteiger partial charge >= 0.3 is 0 Å². The van der Waals surface area contributed by atoms with Crippen molar-refractivity contribution in [3.05, 3.63) is 0 Å². The van der Waals surface area contributed by atoms with Crippen molar-refractivity contribution in [2.45, 2.75) is 70.8 Å². The van der Waals surface area contributed by atoms with E-state index in [1.54, 1.807) is 5.01 Å². The van der Waals surface area contributed by atoms with E-state index in [9.17, 15) is 4.79 Å². The van der Waals surface area contributed by atoms with E-state index in [0.29, 0.717) is 6.04 Å². The van der Waals surface area contributed by atoms with Gasteiger partial charge in [0.2, 0.25) is 6.41 Å². The van der Waals surface area contributed by atoms with Crippen molar-refractivity contribution in [1.82, 2.24) is 10.4 Å². The average Bonchev–Trinajstić information content (AvgIpc) is 2.34. The molecular formula is C13H26N2O. The Morgan fingerprint density at radius 3 is 2.56 bits per heavy atom. The molecule has 0 aromatic rings. The van der Waals surface area contributed by atoms with Gasteiger partial charge in [0.15, 0.2) is 0 Å². The first-order valence-corrected chi connectivity index (χ1v) is 6.85. The van der Waals surface area contributed by atoms with E-state index >= 15 is 0 Å². The third kappa shape index (κ3) is 5.50. The molecule has 1 amide bonds. The zero-order valence-corrected chi connectivity index (χ0v) is 10.6. The van der Waals surface area contributed by atoms with Crippen LogP contribution in [0, 0.1) is 0 Å². The highest BCUT2D eigenvalue weighted by Crippen LogP contribution is 2.17. The second kappa shape index (κ2) is 8.57. The van der Waals surface area contributed by atoms with Gasteiger partial charge in [-0.2, -0.15) is 0 Å². The minimum absolute atomic E-state index is 0.533. The van der Waals surface area contributed by atoms with Crippen LogP contribution in [0.5, 0.6) is 0 Å². The number of hydrazine groups is 1. The first-order valence-electron chi connectivity index (χ1n) is 6.85. The van der Waals surface area contributed by atoms with Crippen LogP contribution in [0.1, 0.15) is 64.7 Å². The smallest absolute Gasteiger partial charge is 0.223 e. The van der Waals surface area contributed by atoms with Crippen molar-refractivity contribution in [2.24, 2.45) is 0 Å². The Labute approximate surface area is 99.6 Å². The molecule has 0 spiro atoms. The molecule has 1 aliphatic rings. The van der Waals surface area contributed by atoms with Crippen LogP contribution in [0.15, 0.2) is 0 Å². The van der Waals surface area contributed by atoms with Gasteiger partial charge in [-0.1, -0.05) is 45.4 Å². The van der Waals surface area contributed by atoms with Crippen LogP contribution in [0.25, 0.3) is 0 Å². The van der Waals surface area contributed by atoms with Gasteiger partial charge in [0.25, 0.3) is 0 Å². The number of rotatable bonds is 8. The maximum Gasteiger partial charge on any atom is 0.223 e. The summed E-state index contributed by atoms with van der Waals surface area (Å²) >= 11 is 0. The summed E-state index contributed by atoms with van der Waals surface area (Å²) in [5.41, 5.74) is 3.35. The molecule has 0 bridgehead atoms. The van der Waals surface area contributed by atoms with Crippen molar-refractivity contribution in [3.63, 3.8) is 0 Å². The third-order valence-corrected chi connectivity index (χ3v) is 3.33. The van der Waals surface area contributed by atoms with E-state index < -0.39 is 0 Å². The minimum Gasteiger partial charge on any atom is -0.280 e. The van der Waals surface area contributed by atoms with E-state index in [4.69, 9.17) is 0 Å². The summed E-state index contributed by atoms with van der Waals surface area (Å²) < 4.78 is 0. The van der Waals surface area contributed by atoms with Crippen molar-refractivity contribution >= 4 is 6.41 Å². The molecule has 1 N–H and O–H groups in total. The van der Waals surface area contributed by atoms with E-state index in [1.165, 1.54) is 51.4 Å². The topological polar surface area (TPSA) is 32.3 Å². The maximum atomic E-state index is 10.9. The Balaban J connectivity index is 2.12. The Hall–Kier alpha value is -0.570. The van der Waals surface area contributed by atoms with Crippen LogP contribution in [-0.4, -0.2) is 24.0 Å². The molecule has 0 aromatic heterocycles. The zero-order chi connectivity index (χ0) is 11.6. The molecule has 0 radical (unpaired) electrons. The molecule has 1 aliphatic carbocycles. The normalized spacial score (nSPS) is 17.3. The van der Waals surface area contributed by atoms with E-state index in [0.717, 1.165) is 19.4 Å². The number of hydrogen-bond donors (Lipinski definition) is 1. The lowest BCUT2D eigenvalue weighted by Crippen LogP contribution is -2.45. The predicted molar refractivity (Wildman–Crippen MR) is 66.9 cm³/mol. The summed E-state index contributed by atoms with van der Waals surface area (Å²) in [5.74, 6) is 0. The maximum absolute atomic E-state index is 10.9. The van der Waals surface area contributed by atoms with Crippen LogP contribution in [-0.2, 0) is 4.79 Å². The number of hydrogen-bond acceptors (Lipinski definition) is 2. The van der Waals surface area contributed by atoms with Gasteiger partial charge in [-0.3, -0.25) is 9.80 Å². The Morgan fingerprint density at radius 1 is 1.19 bits per heavy atom. The van der Waals surface area contributed by atoms with Gasteiger partial charge in [-0.15, -0.1) is 0 Å². The van der Waals surface area contributed by atoms with E-state index in [2.05, 4.69) is 12.3 Å². The van der Waals surface area contributed by atoms with Crippen molar-refractivity contribution < 1.29 is 4.79 Å². The molecule has 0 atom stereocenters. The van der Waals surface area contributed by atoms with Gasteiger partial charge in [0.1, 0.15) is 0 Å². The SMILES string of the molecule is CCCCCCN(C=O)NC1CCCCC1. The first-order chi connectivity index (χ1) is 7.86. The molecule has 3 heteroatoms. The van der Waals surface area contributed by atoms with Gasteiger partial charge in [-0.25, -0.2) is 5.43 Å². The fraction of sp³-hybridized carbons (Fsp3) is 0.923. The average molecular weight is 226 g/mol. The summed E-state index contributed by atoms with van der Waals surface area (Å²) in [6, 6.07) is 0.533. The molecule has 3 nitrogen and oxygen atoms in total. The molecule has 1 fully saturated rings. The second-order valence-electron chi connectivity index (χ2n) is 4.82. The summed E-state index contributed by atoms with van der Waals surface area (Å²) in [7, 11) is 0. The lowest BCUT2D eigenvalue weighted by Gasteiger charge is -2.28. The van der Waals surface area contributed by atoms with E-state index in [1.807, 2.05) is 0 Å². The summed E-state index contributed by atoms with van der Waals surface area (Å²) in [6.07, 6.45) is 12.2. The number of amides is 1. The van der Waals surface area contributed by atoms with Crippen LogP contribution >= 0.6 is 0 Å². The summed E-state index contributed by atoms with van der Waals surface area (Å²) in [4.78, 5) is 10.9. The van der Waals surface area contributed by atoms with Gasteiger partial charge < -0.3 is 0 Å². The van der Waals surface area contributed by atoms with Gasteiger partial charge in [0.05, 0.1) is 0 Å². The number of carbonyl (C=O) groups is 1. The quantitative estimate of drug-likeness (QED) is 0.392. The number of unbranched alkanes of at least 4 members (excludes halogenated alkanes) is 3. The Kier molecular flexibility index (Phi) is 7.23. The van der Waals surface area contributed by atoms with Crippen LogP contribution in [0.3, 0.4) is 0 Å². The predicted octanol–water partition coefficient (Wildman–Crippen LogP) is 2.86. The number of carbonyl (C=O) groups excluding carboxylic acids is 1. The minimum atomic E-state index is 0.533. The molecular weight excluding hydrogens is 200 g/mol. The number of nitrogens with one attached hydrogen (secondary N) is 1. The first kappa shape index (κ1) is 13.5. The van der Waals surface area contributed by atoms with Crippen LogP contribution in [0.2, 0.25) is 0 Å². The second-order valence-corrected chi connectivity index (χ2v) is 4.82. The van der Waals surface area contributed by atoms with Gasteiger partial charge in [-0.05, 0) is 19.3 Å². The zero-order valence-electron chi connectivity index (χ0n) is 10.6. The molecule has 0 saturated heterocycles. The van der Waals surface area contributed by atoms with Crippen LogP contribution < -0.4 is 5.43 Å². The standard InChI is InChI=1S/C13H26N2O/c1-2-3-4-8-11-15(12-16)14-13-9-6-5-7-10-13/h12-14H,2-11H2,1H3. The molecule has 1 saturated carbocycles. The molecule has 16 heavy (non-hydrogen) atoms. The molecule has 0 aromatic carbocycles. The molecule has 0 unspecified atom stereocenters. The summed E-state index contributed by atoms with van der Waals surface area (Å²) in [6.45, 7) is 3.07. The summed E-state index contributed by atoms with van der Waals surface area (Å²) in [5, 5.41) is 1.76. The highest BCUT2D eigenvalue weighted by Gasteiger charge is 2.15. The van der Waals surface area contributed by atoms with E-state index in [-0.39, 0.29) is 0 Å². The lowest BCUT2D eigenvalue weighted by molar-refractivity contribution is -0.122. The van der Waals surface area contributed by atoms with Gasteiger partial charge in [0, 0.05) is 12.6 Å². The molecule has 1 rings (SSSR count). The monoisotopic (exact) mass is 226 g/mol. The highest BCUT2D eigenvalue weighted by atomic mass is 16.1. The van der Waals surface area contributed by atoms with Crippen LogP contribution in [0.4, 0.5) is 0 Å². The van der Waals surface area contributed by atoms with Crippen molar-refractivity contribution in [2.75, 3.05) is 6.54 Å². The number of nitrogens with zero attached hydrogens (tertiary/aromatic N) is 1.